The Bertz CT molecular complexity index is 1440. The average Bonchev–Trinajstić information content (AvgIpc) is 3.48. The minimum absolute atomic E-state index is 0.108. The largest absolute Gasteiger partial charge is 0.493 e. The second-order valence-corrected chi connectivity index (χ2v) is 9.32. The SMILES string of the molecule is COc1ccc(C(=O)N/C(=C\c2cccs2)C(=O)NCc2ccc(OCc3ccc(F)cc3)cc2)cc1OC. The fourth-order valence-corrected chi connectivity index (χ4v) is 4.23. The number of nitrogens with one attached hydrogen (secondary N) is 2. The number of methoxy groups -OCH3 is 2. The van der Waals surface area contributed by atoms with Crippen molar-refractivity contribution in [2.24, 2.45) is 0 Å². The molecule has 200 valence electrons. The van der Waals surface area contributed by atoms with Gasteiger partial charge in [-0.05, 0) is 71.1 Å². The third-order valence-electron chi connectivity index (χ3n) is 5.66. The summed E-state index contributed by atoms with van der Waals surface area (Å²) in [6.45, 7) is 0.554. The predicted molar refractivity (Wildman–Crippen MR) is 148 cm³/mol. The molecule has 3 aromatic carbocycles. The van der Waals surface area contributed by atoms with E-state index in [1.165, 1.54) is 37.7 Å². The van der Waals surface area contributed by atoms with Gasteiger partial charge in [0.25, 0.3) is 11.8 Å². The van der Waals surface area contributed by atoms with Gasteiger partial charge in [-0.2, -0.15) is 0 Å². The number of carbonyl (C=O) groups is 2. The second-order valence-electron chi connectivity index (χ2n) is 8.34. The summed E-state index contributed by atoms with van der Waals surface area (Å²) in [7, 11) is 3.00. The molecule has 0 fully saturated rings. The maximum absolute atomic E-state index is 13.1. The van der Waals surface area contributed by atoms with Crippen molar-refractivity contribution in [3.63, 3.8) is 0 Å². The summed E-state index contributed by atoms with van der Waals surface area (Å²) in [6.07, 6.45) is 1.63. The fourth-order valence-electron chi connectivity index (χ4n) is 3.57. The molecular formula is C30H27FN2O5S. The topological polar surface area (TPSA) is 85.9 Å². The molecule has 9 heteroatoms. The van der Waals surface area contributed by atoms with Crippen LogP contribution < -0.4 is 24.8 Å². The summed E-state index contributed by atoms with van der Waals surface area (Å²) in [4.78, 5) is 26.9. The maximum atomic E-state index is 13.1. The summed E-state index contributed by atoms with van der Waals surface area (Å²) in [5.74, 6) is 0.357. The Hall–Kier alpha value is -4.63. The molecule has 1 heterocycles. The van der Waals surface area contributed by atoms with Gasteiger partial charge in [0, 0.05) is 17.0 Å². The number of amides is 2. The van der Waals surface area contributed by atoms with Crippen LogP contribution in [0, 0.1) is 5.82 Å². The Labute approximate surface area is 229 Å². The Morgan fingerprint density at radius 2 is 1.62 bits per heavy atom. The van der Waals surface area contributed by atoms with Crippen LogP contribution in [-0.2, 0) is 17.9 Å². The predicted octanol–water partition coefficient (Wildman–Crippen LogP) is 5.57. The number of halogens is 1. The van der Waals surface area contributed by atoms with Gasteiger partial charge >= 0.3 is 0 Å². The molecule has 0 radical (unpaired) electrons. The van der Waals surface area contributed by atoms with Crippen LogP contribution in [0.15, 0.2) is 89.9 Å². The van der Waals surface area contributed by atoms with Gasteiger partial charge in [0.1, 0.15) is 23.9 Å². The van der Waals surface area contributed by atoms with Crippen molar-refractivity contribution in [3.05, 3.63) is 117 Å². The molecule has 0 aliphatic rings. The number of hydrogen-bond donors (Lipinski definition) is 2. The molecule has 0 saturated heterocycles. The highest BCUT2D eigenvalue weighted by atomic mass is 32.1. The molecule has 39 heavy (non-hydrogen) atoms. The summed E-state index contributed by atoms with van der Waals surface area (Å²) in [5, 5.41) is 7.46. The first-order valence-corrected chi connectivity index (χ1v) is 12.9. The summed E-state index contributed by atoms with van der Waals surface area (Å²) < 4.78 is 29.3. The number of ether oxygens (including phenoxy) is 3. The Balaban J connectivity index is 1.39. The number of hydrogen-bond acceptors (Lipinski definition) is 6. The van der Waals surface area contributed by atoms with Crippen molar-refractivity contribution < 1.29 is 28.2 Å². The number of benzene rings is 3. The number of rotatable bonds is 11. The molecule has 0 unspecified atom stereocenters. The zero-order valence-corrected chi connectivity index (χ0v) is 22.2. The van der Waals surface area contributed by atoms with Crippen LogP contribution in [0.5, 0.6) is 17.2 Å². The Kier molecular flexibility index (Phi) is 9.31. The first-order valence-electron chi connectivity index (χ1n) is 12.0. The smallest absolute Gasteiger partial charge is 0.268 e. The number of carbonyl (C=O) groups excluding carboxylic acids is 2. The van der Waals surface area contributed by atoms with E-state index in [4.69, 9.17) is 14.2 Å². The molecule has 1 aromatic heterocycles. The molecule has 4 rings (SSSR count). The van der Waals surface area contributed by atoms with Crippen LogP contribution in [0.25, 0.3) is 6.08 Å². The van der Waals surface area contributed by atoms with Gasteiger partial charge in [-0.1, -0.05) is 30.3 Å². The van der Waals surface area contributed by atoms with E-state index in [1.807, 2.05) is 29.6 Å². The van der Waals surface area contributed by atoms with E-state index < -0.39 is 11.8 Å². The lowest BCUT2D eigenvalue weighted by molar-refractivity contribution is -0.117. The third kappa shape index (κ3) is 7.68. The van der Waals surface area contributed by atoms with Gasteiger partial charge in [0.05, 0.1) is 14.2 Å². The molecule has 2 amide bonds. The van der Waals surface area contributed by atoms with Crippen molar-refractivity contribution in [1.82, 2.24) is 10.6 Å². The molecular weight excluding hydrogens is 519 g/mol. The number of thiophene rings is 1. The van der Waals surface area contributed by atoms with E-state index in [1.54, 1.807) is 48.5 Å². The van der Waals surface area contributed by atoms with Crippen molar-refractivity contribution >= 4 is 29.2 Å². The third-order valence-corrected chi connectivity index (χ3v) is 6.48. The van der Waals surface area contributed by atoms with Gasteiger partial charge in [-0.3, -0.25) is 9.59 Å². The second kappa shape index (κ2) is 13.3. The lowest BCUT2D eigenvalue weighted by atomic mass is 10.1. The zero-order chi connectivity index (χ0) is 27.6. The highest BCUT2D eigenvalue weighted by Crippen LogP contribution is 2.27. The summed E-state index contributed by atoms with van der Waals surface area (Å²) >= 11 is 1.45. The molecule has 0 aliphatic carbocycles. The van der Waals surface area contributed by atoms with Crippen LogP contribution in [0.1, 0.15) is 26.4 Å². The Morgan fingerprint density at radius 3 is 2.28 bits per heavy atom. The summed E-state index contributed by atoms with van der Waals surface area (Å²) in [6, 6.07) is 21.9. The van der Waals surface area contributed by atoms with Crippen LogP contribution in [0.3, 0.4) is 0 Å². The van der Waals surface area contributed by atoms with Crippen LogP contribution >= 0.6 is 11.3 Å². The van der Waals surface area contributed by atoms with E-state index in [9.17, 15) is 14.0 Å². The molecule has 0 aliphatic heterocycles. The van der Waals surface area contributed by atoms with Crippen LogP contribution in [0.4, 0.5) is 4.39 Å². The molecule has 0 saturated carbocycles. The zero-order valence-electron chi connectivity index (χ0n) is 21.4. The van der Waals surface area contributed by atoms with Gasteiger partial charge in [-0.15, -0.1) is 11.3 Å². The molecule has 0 atom stereocenters. The minimum atomic E-state index is -0.462. The van der Waals surface area contributed by atoms with Crippen molar-refractivity contribution in [2.75, 3.05) is 14.2 Å². The highest BCUT2D eigenvalue weighted by Gasteiger charge is 2.17. The van der Waals surface area contributed by atoms with Gasteiger partial charge < -0.3 is 24.8 Å². The average molecular weight is 547 g/mol. The fraction of sp³-hybridized carbons (Fsp3) is 0.133. The van der Waals surface area contributed by atoms with Gasteiger partial charge in [0.2, 0.25) is 0 Å². The van der Waals surface area contributed by atoms with E-state index >= 15 is 0 Å². The lowest BCUT2D eigenvalue weighted by Crippen LogP contribution is -2.34. The van der Waals surface area contributed by atoms with Crippen molar-refractivity contribution in [2.45, 2.75) is 13.2 Å². The van der Waals surface area contributed by atoms with Gasteiger partial charge in [0.15, 0.2) is 11.5 Å². The quantitative estimate of drug-likeness (QED) is 0.240. The minimum Gasteiger partial charge on any atom is -0.493 e. The van der Waals surface area contributed by atoms with E-state index in [-0.39, 0.29) is 18.1 Å². The van der Waals surface area contributed by atoms with Gasteiger partial charge in [-0.25, -0.2) is 4.39 Å². The van der Waals surface area contributed by atoms with E-state index in [0.29, 0.717) is 29.4 Å². The van der Waals surface area contributed by atoms with Crippen molar-refractivity contribution in [1.29, 1.82) is 0 Å². The molecule has 0 bridgehead atoms. The first-order chi connectivity index (χ1) is 18.9. The normalized spacial score (nSPS) is 11.0. The molecule has 4 aromatic rings. The standard InChI is InChI=1S/C30H27FN2O5S/c1-36-27-14-9-22(16-28(27)37-2)29(34)33-26(17-25-4-3-15-39-25)30(35)32-18-20-7-12-24(13-8-20)38-19-21-5-10-23(31)11-6-21/h3-17H,18-19H2,1-2H3,(H,32,35)(H,33,34)/b26-17-. The molecule has 7 nitrogen and oxygen atoms in total. The monoisotopic (exact) mass is 546 g/mol. The highest BCUT2D eigenvalue weighted by molar-refractivity contribution is 7.10. The summed E-state index contributed by atoms with van der Waals surface area (Å²) in [5.41, 5.74) is 2.12. The first kappa shape index (κ1) is 27.4. The molecule has 0 spiro atoms. The Morgan fingerprint density at radius 1 is 0.897 bits per heavy atom. The van der Waals surface area contributed by atoms with Crippen LogP contribution in [0.2, 0.25) is 0 Å². The molecule has 2 N–H and O–H groups in total. The van der Waals surface area contributed by atoms with E-state index in [2.05, 4.69) is 10.6 Å². The van der Waals surface area contributed by atoms with E-state index in [0.717, 1.165) is 16.0 Å². The maximum Gasteiger partial charge on any atom is 0.268 e. The van der Waals surface area contributed by atoms with Crippen LogP contribution in [-0.4, -0.2) is 26.0 Å². The lowest BCUT2D eigenvalue weighted by Gasteiger charge is -2.13. The van der Waals surface area contributed by atoms with Crippen molar-refractivity contribution in [3.8, 4) is 17.2 Å².